The predicted molar refractivity (Wildman–Crippen MR) is 268 cm³/mol. The lowest BCUT2D eigenvalue weighted by molar-refractivity contribution is -0.142. The van der Waals surface area contributed by atoms with E-state index in [4.69, 9.17) is 14.7 Å². The van der Waals surface area contributed by atoms with Crippen molar-refractivity contribution in [2.75, 3.05) is 51.3 Å². The molecule has 4 aliphatic heterocycles. The highest BCUT2D eigenvalue weighted by Crippen LogP contribution is 2.51. The number of aromatic nitrogens is 5. The Hall–Kier alpha value is -6.77. The van der Waals surface area contributed by atoms with Gasteiger partial charge in [-0.05, 0) is 99.8 Å². The minimum atomic E-state index is -0.902. The van der Waals surface area contributed by atoms with E-state index in [0.717, 1.165) is 85.2 Å². The Kier molecular flexibility index (Phi) is 12.9. The summed E-state index contributed by atoms with van der Waals surface area (Å²) in [6, 6.07) is 13.2. The molecule has 3 saturated heterocycles. The molecule has 4 atom stereocenters. The minimum Gasteiger partial charge on any atom is -0.507 e. The summed E-state index contributed by atoms with van der Waals surface area (Å²) in [6.07, 6.45) is 8.23. The largest absolute Gasteiger partial charge is 0.507 e. The highest BCUT2D eigenvalue weighted by molar-refractivity contribution is 5.93. The SMILES string of the molecule is CC#Cc1ccc(CNC(=O)[C@@H]2C[C@@H](O)CN2C(=O)[C@@H](NC(=O)N2CC3(CC(N4CCC(c5cnc(N6CCc7[nH]c8nnc(-c9ccccc9O)cc8c7[C@H]6C)nc5)CC4)C3)C2)C(C)(C)C)c(OC)c1. The number of β-amino-alcohol motifs (C(OH)–C–C–N with tert-alkyl or cyclic N) is 1. The summed E-state index contributed by atoms with van der Waals surface area (Å²) in [4.78, 5) is 63.1. The van der Waals surface area contributed by atoms with Gasteiger partial charge in [0.2, 0.25) is 17.8 Å². The van der Waals surface area contributed by atoms with Gasteiger partial charge in [0.1, 0.15) is 23.6 Å². The van der Waals surface area contributed by atoms with E-state index in [1.54, 1.807) is 31.1 Å². The molecule has 0 bridgehead atoms. The van der Waals surface area contributed by atoms with Crippen molar-refractivity contribution in [1.82, 2.24) is 50.5 Å². The van der Waals surface area contributed by atoms with E-state index in [0.29, 0.717) is 48.0 Å². The van der Waals surface area contributed by atoms with E-state index in [2.05, 4.69) is 54.4 Å². The lowest BCUT2D eigenvalue weighted by atomic mass is 9.60. The number of urea groups is 1. The Morgan fingerprint density at radius 2 is 1.76 bits per heavy atom. The number of phenols is 1. The van der Waals surface area contributed by atoms with Crippen molar-refractivity contribution in [2.45, 2.75) is 116 Å². The Bertz CT molecular complexity index is 2880. The zero-order chi connectivity index (χ0) is 49.8. The predicted octanol–water partition coefficient (Wildman–Crippen LogP) is 5.67. The number of amides is 4. The summed E-state index contributed by atoms with van der Waals surface area (Å²) in [5.41, 5.74) is 6.48. The molecule has 3 aromatic heterocycles. The quantitative estimate of drug-likeness (QED) is 0.108. The van der Waals surface area contributed by atoms with Gasteiger partial charge in [0, 0.05) is 103 Å². The van der Waals surface area contributed by atoms with Crippen LogP contribution in [0.4, 0.5) is 10.7 Å². The van der Waals surface area contributed by atoms with Gasteiger partial charge in [0.05, 0.1) is 24.9 Å². The number of carbonyl (C=O) groups excluding carboxylic acids is 3. The number of methoxy groups -OCH3 is 1. The van der Waals surface area contributed by atoms with Crippen LogP contribution in [0.5, 0.6) is 11.5 Å². The third-order valence-electron chi connectivity index (χ3n) is 15.7. The summed E-state index contributed by atoms with van der Waals surface area (Å²) < 4.78 is 5.54. The average Bonchev–Trinajstić information content (AvgIpc) is 3.92. The number of nitrogens with zero attached hydrogens (tertiary/aromatic N) is 8. The minimum absolute atomic E-state index is 0.00695. The number of hydrogen-bond donors (Lipinski definition) is 5. The summed E-state index contributed by atoms with van der Waals surface area (Å²) in [5.74, 6) is 6.98. The standard InChI is InChI=1S/C54H65N11O6/c1-7-10-33-13-14-35(45(21-33)71-6)26-55-49(68)43-22-38(66)29-65(43)50(69)47(53(3,4)5)59-52(70)63-30-54(31-63)24-37(25-54)62-18-15-34(16-19-62)36-27-56-51(57-28-36)64-20-17-41-46(32(64)2)40-23-42(60-61-48(40)58-41)39-11-8-9-12-44(39)67/h8-9,11-14,21,23,27-28,32,34,37-38,43,47,66-67H,15-20,22,24-26,29-31H2,1-6H3,(H,55,68)(H,58,61)(H,59,70)/t32-,38-,43+,47-/m1/s1. The zero-order valence-corrected chi connectivity index (χ0v) is 41.5. The second kappa shape index (κ2) is 19.1. The molecule has 1 aliphatic carbocycles. The lowest BCUT2D eigenvalue weighted by Gasteiger charge is -2.61. The number of hydrogen-bond acceptors (Lipinski definition) is 12. The fourth-order valence-electron chi connectivity index (χ4n) is 11.8. The number of para-hydroxylation sites is 1. The molecule has 372 valence electrons. The molecule has 1 spiro atoms. The summed E-state index contributed by atoms with van der Waals surface area (Å²) in [5, 5.41) is 37.0. The molecule has 0 radical (unpaired) electrons. The van der Waals surface area contributed by atoms with Crippen LogP contribution in [0.15, 0.2) is 60.9 Å². The molecule has 1 saturated carbocycles. The summed E-state index contributed by atoms with van der Waals surface area (Å²) in [7, 11) is 1.56. The Morgan fingerprint density at radius 1 is 1.01 bits per heavy atom. The molecule has 71 heavy (non-hydrogen) atoms. The van der Waals surface area contributed by atoms with Gasteiger partial charge in [0.25, 0.3) is 0 Å². The summed E-state index contributed by atoms with van der Waals surface area (Å²) in [6.45, 7) is 13.9. The van der Waals surface area contributed by atoms with Crippen molar-refractivity contribution in [3.63, 3.8) is 0 Å². The number of likely N-dealkylation sites (tertiary alicyclic amines) is 3. The number of aliphatic hydroxyl groups is 1. The van der Waals surface area contributed by atoms with Crippen molar-refractivity contribution in [3.05, 3.63) is 88.9 Å². The second-order valence-electron chi connectivity index (χ2n) is 21.5. The smallest absolute Gasteiger partial charge is 0.318 e. The molecule has 5 aromatic rings. The van der Waals surface area contributed by atoms with Crippen molar-refractivity contribution in [3.8, 4) is 34.6 Å². The molecule has 17 heteroatoms. The van der Waals surface area contributed by atoms with Crippen LogP contribution in [-0.4, -0.2) is 139 Å². The maximum atomic E-state index is 14.3. The summed E-state index contributed by atoms with van der Waals surface area (Å²) >= 11 is 0. The number of rotatable bonds is 10. The van der Waals surface area contributed by atoms with Crippen LogP contribution in [-0.2, 0) is 22.6 Å². The van der Waals surface area contributed by atoms with E-state index < -0.39 is 23.6 Å². The number of aromatic hydroxyl groups is 1. The first-order chi connectivity index (χ1) is 34.1. The van der Waals surface area contributed by atoms with E-state index in [-0.39, 0.29) is 54.6 Å². The van der Waals surface area contributed by atoms with Gasteiger partial charge in [-0.25, -0.2) is 14.8 Å². The maximum absolute atomic E-state index is 14.3. The van der Waals surface area contributed by atoms with E-state index in [1.807, 2.05) is 69.6 Å². The molecule has 2 aromatic carbocycles. The molecule has 7 heterocycles. The third-order valence-corrected chi connectivity index (χ3v) is 15.7. The fourth-order valence-corrected chi connectivity index (χ4v) is 11.8. The van der Waals surface area contributed by atoms with Crippen LogP contribution in [0.3, 0.4) is 0 Å². The molecule has 5 aliphatic rings. The molecule has 4 fully saturated rings. The van der Waals surface area contributed by atoms with E-state index in [9.17, 15) is 24.6 Å². The van der Waals surface area contributed by atoms with Crippen LogP contribution in [0, 0.1) is 22.7 Å². The number of carbonyl (C=O) groups is 3. The Labute approximate surface area is 414 Å². The molecule has 10 rings (SSSR count). The van der Waals surface area contributed by atoms with Crippen molar-refractivity contribution in [1.29, 1.82) is 0 Å². The van der Waals surface area contributed by atoms with Gasteiger partial charge in [-0.2, -0.15) is 0 Å². The van der Waals surface area contributed by atoms with Crippen LogP contribution in [0.2, 0.25) is 0 Å². The lowest BCUT2D eigenvalue weighted by Crippen LogP contribution is -2.70. The first-order valence-electron chi connectivity index (χ1n) is 25.0. The van der Waals surface area contributed by atoms with Gasteiger partial charge in [-0.15, -0.1) is 16.1 Å². The number of ether oxygens (including phenoxy) is 1. The van der Waals surface area contributed by atoms with Gasteiger partial charge < -0.3 is 50.2 Å². The Morgan fingerprint density at radius 3 is 2.46 bits per heavy atom. The number of aliphatic hydroxyl groups excluding tert-OH is 1. The van der Waals surface area contributed by atoms with Crippen LogP contribution < -0.4 is 20.3 Å². The van der Waals surface area contributed by atoms with Crippen LogP contribution in [0.1, 0.15) is 107 Å². The van der Waals surface area contributed by atoms with Gasteiger partial charge in [-0.3, -0.25) is 9.59 Å². The Balaban J connectivity index is 0.694. The second-order valence-corrected chi connectivity index (χ2v) is 21.5. The first-order valence-corrected chi connectivity index (χ1v) is 25.0. The number of fused-ring (bicyclic) bond motifs is 3. The normalized spacial score (nSPS) is 21.7. The number of phenolic OH excluding ortho intramolecular Hbond substituents is 1. The highest BCUT2D eigenvalue weighted by atomic mass is 16.5. The number of nitrogens with one attached hydrogen (secondary N) is 3. The number of piperidine rings is 1. The van der Waals surface area contributed by atoms with Crippen LogP contribution in [0.25, 0.3) is 22.3 Å². The van der Waals surface area contributed by atoms with E-state index >= 15 is 0 Å². The van der Waals surface area contributed by atoms with E-state index in [1.165, 1.54) is 10.5 Å². The first kappa shape index (κ1) is 47.9. The van der Waals surface area contributed by atoms with Crippen LogP contribution >= 0.6 is 0 Å². The zero-order valence-electron chi connectivity index (χ0n) is 41.5. The molecule has 0 unspecified atom stereocenters. The maximum Gasteiger partial charge on any atom is 0.318 e. The van der Waals surface area contributed by atoms with Gasteiger partial charge in [-0.1, -0.05) is 44.9 Å². The molecule has 5 N–H and O–H groups in total. The topological polar surface area (TPSA) is 205 Å². The molecular weight excluding hydrogens is 899 g/mol. The number of anilines is 1. The number of H-pyrrole nitrogens is 1. The third kappa shape index (κ3) is 9.35. The van der Waals surface area contributed by atoms with Crippen molar-refractivity contribution in [2.24, 2.45) is 10.8 Å². The highest BCUT2D eigenvalue weighted by Gasteiger charge is 2.56. The van der Waals surface area contributed by atoms with Crippen molar-refractivity contribution < 1.29 is 29.3 Å². The molecule has 17 nitrogen and oxygen atoms in total. The number of benzene rings is 2. The monoisotopic (exact) mass is 964 g/mol. The number of aromatic amines is 1. The van der Waals surface area contributed by atoms with Crippen molar-refractivity contribution >= 4 is 34.8 Å². The van der Waals surface area contributed by atoms with Gasteiger partial charge in [0.15, 0.2) is 5.65 Å². The fraction of sp³-hybridized carbons (Fsp3) is 0.500. The molecular formula is C54H65N11O6. The molecule has 4 amide bonds. The van der Waals surface area contributed by atoms with Gasteiger partial charge >= 0.3 is 6.03 Å². The average molecular weight is 964 g/mol.